The van der Waals surface area contributed by atoms with E-state index in [0.717, 1.165) is 5.56 Å². The van der Waals surface area contributed by atoms with Crippen LogP contribution in [0.5, 0.6) is 0 Å². The molecule has 2 aromatic rings. The van der Waals surface area contributed by atoms with E-state index >= 15 is 0 Å². The smallest absolute Gasteiger partial charge is 0.351 e. The van der Waals surface area contributed by atoms with Crippen molar-refractivity contribution in [3.8, 4) is 0 Å². The predicted octanol–water partition coefficient (Wildman–Crippen LogP) is 1.14. The lowest BCUT2D eigenvalue weighted by atomic mass is 10.2. The predicted molar refractivity (Wildman–Crippen MR) is 104 cm³/mol. The number of rotatable bonds is 3. The van der Waals surface area contributed by atoms with Crippen LogP contribution in [-0.2, 0) is 14.9 Å². The lowest BCUT2D eigenvalue weighted by Crippen LogP contribution is -2.48. The molecular weight excluding hydrogens is 458 g/mol. The number of carbonyl (C=O) groups excluding carboxylic acids is 2. The van der Waals surface area contributed by atoms with Crippen LogP contribution in [0, 0.1) is 6.92 Å². The molecule has 152 valence electrons. The average molecular weight is 476 g/mol. The molecule has 0 fully saturated rings. The van der Waals surface area contributed by atoms with Crippen molar-refractivity contribution in [2.45, 2.75) is 11.8 Å². The van der Waals surface area contributed by atoms with Crippen molar-refractivity contribution in [3.05, 3.63) is 52.1 Å². The van der Waals surface area contributed by atoms with E-state index in [1.54, 1.807) is 12.1 Å². The van der Waals surface area contributed by atoms with Crippen LogP contribution in [0.2, 0.25) is 0 Å². The summed E-state index contributed by atoms with van der Waals surface area (Å²) in [5.74, 6) is 9.93. The number of benzene rings is 1. The van der Waals surface area contributed by atoms with Crippen LogP contribution in [-0.4, -0.2) is 37.1 Å². The molecule has 1 aromatic carbocycles. The number of halogens is 1. The second kappa shape index (κ2) is 10.1. The summed E-state index contributed by atoms with van der Waals surface area (Å²) in [6, 6.07) is 6.67. The Morgan fingerprint density at radius 3 is 2.29 bits per heavy atom. The third kappa shape index (κ3) is 6.54. The fraction of sp³-hybridized carbons (Fsp3) is 0.133. The first-order chi connectivity index (χ1) is 13.0. The number of aromatic nitrogens is 1. The van der Waals surface area contributed by atoms with E-state index in [1.807, 2.05) is 12.3 Å². The first-order valence-electron chi connectivity index (χ1n) is 7.34. The van der Waals surface area contributed by atoms with Gasteiger partial charge in [-0.05, 0) is 41.1 Å². The van der Waals surface area contributed by atoms with Crippen molar-refractivity contribution in [1.82, 2.24) is 10.4 Å². The second-order valence-electron chi connectivity index (χ2n) is 5.13. The fourth-order valence-electron chi connectivity index (χ4n) is 1.71. The van der Waals surface area contributed by atoms with E-state index in [2.05, 4.69) is 25.7 Å². The maximum atomic E-state index is 11.2. The molecule has 28 heavy (non-hydrogen) atoms. The summed E-state index contributed by atoms with van der Waals surface area (Å²) in [6.07, 6.45) is 1.23. The normalized spacial score (nSPS) is 10.4. The Kier molecular flexibility index (Phi) is 8.46. The Hall–Kier alpha value is -2.58. The number of nitrogens with one attached hydrogen (secondary N) is 1. The van der Waals surface area contributed by atoms with E-state index in [0.29, 0.717) is 9.48 Å². The SMILES string of the molecule is COC(=O)c1cnc(N(N)C(=O)NN)c(Br)c1.Cc1ccc(S(=O)(=O)O)cc1. The molecule has 0 atom stereocenters. The minimum atomic E-state index is -4.02. The first-order valence-corrected chi connectivity index (χ1v) is 9.58. The van der Waals surface area contributed by atoms with Gasteiger partial charge in [-0.15, -0.1) is 0 Å². The van der Waals surface area contributed by atoms with Gasteiger partial charge in [0.1, 0.15) is 0 Å². The molecule has 0 saturated carbocycles. The van der Waals surface area contributed by atoms with Crippen LogP contribution in [0.1, 0.15) is 15.9 Å². The van der Waals surface area contributed by atoms with E-state index in [9.17, 15) is 18.0 Å². The van der Waals surface area contributed by atoms with Gasteiger partial charge in [0, 0.05) is 6.20 Å². The number of urea groups is 1. The zero-order chi connectivity index (χ0) is 21.5. The number of hydrazine groups is 2. The molecule has 0 saturated heterocycles. The maximum absolute atomic E-state index is 11.2. The summed E-state index contributed by atoms with van der Waals surface area (Å²) in [7, 11) is -2.77. The lowest BCUT2D eigenvalue weighted by Gasteiger charge is -2.16. The zero-order valence-electron chi connectivity index (χ0n) is 14.8. The molecule has 11 nitrogen and oxygen atoms in total. The molecule has 0 aliphatic carbocycles. The number of aryl methyl sites for hydroxylation is 1. The Morgan fingerprint density at radius 2 is 1.86 bits per heavy atom. The molecular formula is C15H18BrN5O6S. The third-order valence-corrected chi connectivity index (χ3v) is 4.58. The number of carbonyl (C=O) groups is 2. The fourth-order valence-corrected chi connectivity index (χ4v) is 2.73. The van der Waals surface area contributed by atoms with Gasteiger partial charge in [0.25, 0.3) is 10.1 Å². The van der Waals surface area contributed by atoms with Crippen LogP contribution in [0.15, 0.2) is 45.9 Å². The number of nitrogens with two attached hydrogens (primary N) is 2. The number of anilines is 1. The van der Waals surface area contributed by atoms with Crippen LogP contribution < -0.4 is 22.1 Å². The summed E-state index contributed by atoms with van der Waals surface area (Å²) < 4.78 is 34.4. The molecule has 0 spiro atoms. The summed E-state index contributed by atoms with van der Waals surface area (Å²) in [4.78, 5) is 26.1. The molecule has 0 aliphatic rings. The summed E-state index contributed by atoms with van der Waals surface area (Å²) in [5.41, 5.74) is 3.03. The number of hydrogen-bond donors (Lipinski definition) is 4. The van der Waals surface area contributed by atoms with Crippen LogP contribution in [0.4, 0.5) is 10.6 Å². The van der Waals surface area contributed by atoms with Crippen LogP contribution in [0.25, 0.3) is 0 Å². The Bertz CT molecular complexity index is 952. The maximum Gasteiger partial charge on any atom is 0.351 e. The van der Waals surface area contributed by atoms with Crippen molar-refractivity contribution in [2.24, 2.45) is 11.7 Å². The molecule has 0 bridgehead atoms. The number of esters is 1. The van der Waals surface area contributed by atoms with E-state index in [1.165, 1.54) is 31.5 Å². The van der Waals surface area contributed by atoms with Gasteiger partial charge >= 0.3 is 12.0 Å². The number of methoxy groups -OCH3 is 1. The Labute approximate surface area is 169 Å². The molecule has 6 N–H and O–H groups in total. The number of pyridine rings is 1. The van der Waals surface area contributed by atoms with Gasteiger partial charge in [-0.3, -0.25) is 9.98 Å². The quantitative estimate of drug-likeness (QED) is 0.166. The largest absolute Gasteiger partial charge is 0.465 e. The van der Waals surface area contributed by atoms with E-state index in [-0.39, 0.29) is 16.3 Å². The van der Waals surface area contributed by atoms with Gasteiger partial charge in [0.15, 0.2) is 5.82 Å². The molecule has 1 aromatic heterocycles. The monoisotopic (exact) mass is 475 g/mol. The van der Waals surface area contributed by atoms with Crippen LogP contribution >= 0.6 is 15.9 Å². The molecule has 2 rings (SSSR count). The molecule has 2 amide bonds. The average Bonchev–Trinajstić information content (AvgIpc) is 2.66. The minimum Gasteiger partial charge on any atom is -0.465 e. The topological polar surface area (TPSA) is 178 Å². The van der Waals surface area contributed by atoms with Gasteiger partial charge in [-0.2, -0.15) is 8.42 Å². The lowest BCUT2D eigenvalue weighted by molar-refractivity contribution is 0.0600. The molecule has 1 heterocycles. The van der Waals surface area contributed by atoms with Crippen molar-refractivity contribution < 1.29 is 27.3 Å². The highest BCUT2D eigenvalue weighted by molar-refractivity contribution is 9.10. The Balaban J connectivity index is 0.000000307. The minimum absolute atomic E-state index is 0.0666. The molecule has 13 heteroatoms. The number of amides is 2. The highest BCUT2D eigenvalue weighted by atomic mass is 79.9. The van der Waals surface area contributed by atoms with Gasteiger partial charge in [0.05, 0.1) is 22.0 Å². The molecule has 0 unspecified atom stereocenters. The van der Waals surface area contributed by atoms with Gasteiger partial charge in [0.2, 0.25) is 0 Å². The van der Waals surface area contributed by atoms with Gasteiger partial charge in [-0.1, -0.05) is 17.7 Å². The number of hydrogen-bond acceptors (Lipinski definition) is 8. The highest BCUT2D eigenvalue weighted by Crippen LogP contribution is 2.23. The molecule has 0 radical (unpaired) electrons. The van der Waals surface area contributed by atoms with Gasteiger partial charge in [-0.25, -0.2) is 31.3 Å². The zero-order valence-corrected chi connectivity index (χ0v) is 17.2. The summed E-state index contributed by atoms with van der Waals surface area (Å²) in [6.45, 7) is 1.84. The van der Waals surface area contributed by atoms with Crippen molar-refractivity contribution in [2.75, 3.05) is 12.1 Å². The van der Waals surface area contributed by atoms with Crippen molar-refractivity contribution >= 4 is 43.9 Å². The number of ether oxygens (including phenoxy) is 1. The number of nitrogens with zero attached hydrogens (tertiary/aromatic N) is 2. The first kappa shape index (κ1) is 23.5. The van der Waals surface area contributed by atoms with Gasteiger partial charge < -0.3 is 4.74 Å². The van der Waals surface area contributed by atoms with E-state index in [4.69, 9.17) is 16.2 Å². The standard InChI is InChI=1S/C8H10BrN5O3.C7H8O3S/c1-17-7(15)4-2-5(9)6(12-3-4)14(11)8(16)13-10;1-6-2-4-7(5-3-6)11(8,9)10/h2-3H,10-11H2,1H3,(H,13,16);2-5H,1H3,(H,8,9,10). The van der Waals surface area contributed by atoms with Crippen molar-refractivity contribution in [3.63, 3.8) is 0 Å². The summed E-state index contributed by atoms with van der Waals surface area (Å²) in [5, 5.41) is 0.700. The van der Waals surface area contributed by atoms with Crippen molar-refractivity contribution in [1.29, 1.82) is 0 Å². The highest BCUT2D eigenvalue weighted by Gasteiger charge is 2.17. The third-order valence-electron chi connectivity index (χ3n) is 3.13. The van der Waals surface area contributed by atoms with E-state index < -0.39 is 22.1 Å². The molecule has 0 aliphatic heterocycles. The summed E-state index contributed by atoms with van der Waals surface area (Å²) >= 11 is 3.13. The second-order valence-corrected chi connectivity index (χ2v) is 7.40. The Morgan fingerprint density at radius 1 is 1.29 bits per heavy atom. The van der Waals surface area contributed by atoms with Crippen LogP contribution in [0.3, 0.4) is 0 Å².